The molecule has 2 aliphatic heterocycles. The number of allylic oxidation sites excluding steroid dienone is 2. The van der Waals surface area contributed by atoms with E-state index in [1.165, 1.54) is 0 Å². The maximum absolute atomic E-state index is 10.7. The van der Waals surface area contributed by atoms with Crippen LogP contribution in [0.15, 0.2) is 23.7 Å². The molecule has 6 heteroatoms. The summed E-state index contributed by atoms with van der Waals surface area (Å²) in [5, 5.41) is 10.7. The second kappa shape index (κ2) is 5.18. The van der Waals surface area contributed by atoms with Gasteiger partial charge in [-0.15, -0.1) is 0 Å². The smallest absolute Gasteiger partial charge is 0.265 e. The Bertz CT molecular complexity index is 359. The van der Waals surface area contributed by atoms with E-state index in [1.54, 1.807) is 6.08 Å². The minimum atomic E-state index is -0.310. The third-order valence-corrected chi connectivity index (χ3v) is 3.05. The highest BCUT2D eigenvalue weighted by atomic mass is 16.6. The minimum absolute atomic E-state index is 0.254. The first kappa shape index (κ1) is 11.9. The van der Waals surface area contributed by atoms with E-state index in [-0.39, 0.29) is 10.6 Å². The molecule has 0 amide bonds. The SMILES string of the molecule is CCN1CC([N+](=O)[O-])=CC=C1N1CCOCC1. The second-order valence-electron chi connectivity index (χ2n) is 4.05. The molecule has 0 bridgehead atoms. The third kappa shape index (κ3) is 2.58. The summed E-state index contributed by atoms with van der Waals surface area (Å²) in [6, 6.07) is 0. The van der Waals surface area contributed by atoms with Crippen LogP contribution in [-0.2, 0) is 4.74 Å². The maximum Gasteiger partial charge on any atom is 0.265 e. The van der Waals surface area contributed by atoms with Gasteiger partial charge >= 0.3 is 0 Å². The first-order chi connectivity index (χ1) is 8.22. The average molecular weight is 239 g/mol. The molecule has 1 saturated heterocycles. The van der Waals surface area contributed by atoms with Crippen molar-refractivity contribution in [3.63, 3.8) is 0 Å². The Morgan fingerprint density at radius 2 is 2.12 bits per heavy atom. The van der Waals surface area contributed by atoms with Crippen molar-refractivity contribution >= 4 is 0 Å². The lowest BCUT2D eigenvalue weighted by molar-refractivity contribution is -0.428. The van der Waals surface area contributed by atoms with Gasteiger partial charge in [-0.1, -0.05) is 0 Å². The lowest BCUT2D eigenvalue weighted by atomic mass is 10.2. The van der Waals surface area contributed by atoms with Crippen molar-refractivity contribution in [3.8, 4) is 0 Å². The molecule has 6 nitrogen and oxygen atoms in total. The van der Waals surface area contributed by atoms with Crippen molar-refractivity contribution in [1.82, 2.24) is 9.80 Å². The number of nitrogens with zero attached hydrogens (tertiary/aromatic N) is 3. The standard InChI is InChI=1S/C11H17N3O3/c1-2-12-9-10(14(15)16)3-4-11(12)13-5-7-17-8-6-13/h3-4H,2,5-9H2,1H3. The summed E-state index contributed by atoms with van der Waals surface area (Å²) in [5.41, 5.74) is 0.254. The Balaban J connectivity index is 2.15. The van der Waals surface area contributed by atoms with Gasteiger partial charge in [0.1, 0.15) is 12.4 Å². The number of hydrogen-bond acceptors (Lipinski definition) is 5. The fraction of sp³-hybridized carbons (Fsp3) is 0.636. The quantitative estimate of drug-likeness (QED) is 0.535. The summed E-state index contributed by atoms with van der Waals surface area (Å²) >= 11 is 0. The van der Waals surface area contributed by atoms with E-state index in [2.05, 4.69) is 4.90 Å². The maximum atomic E-state index is 10.7. The zero-order valence-corrected chi connectivity index (χ0v) is 9.96. The highest BCUT2D eigenvalue weighted by Gasteiger charge is 2.25. The van der Waals surface area contributed by atoms with Crippen LogP contribution >= 0.6 is 0 Å². The van der Waals surface area contributed by atoms with Crippen molar-refractivity contribution in [1.29, 1.82) is 0 Å². The molecule has 94 valence electrons. The molecule has 0 aromatic carbocycles. The van der Waals surface area contributed by atoms with Crippen LogP contribution in [0.2, 0.25) is 0 Å². The van der Waals surface area contributed by atoms with Gasteiger partial charge in [0, 0.05) is 25.7 Å². The minimum Gasteiger partial charge on any atom is -0.378 e. The molecular formula is C11H17N3O3. The highest BCUT2D eigenvalue weighted by Crippen LogP contribution is 2.19. The first-order valence-electron chi connectivity index (χ1n) is 5.85. The molecule has 17 heavy (non-hydrogen) atoms. The highest BCUT2D eigenvalue weighted by molar-refractivity contribution is 5.20. The predicted octanol–water partition coefficient (Wildman–Crippen LogP) is 0.656. The fourth-order valence-corrected chi connectivity index (χ4v) is 2.10. The molecule has 2 rings (SSSR count). The van der Waals surface area contributed by atoms with Crippen LogP contribution in [-0.4, -0.2) is 54.1 Å². The Hall–Kier alpha value is -1.56. The number of morpholine rings is 1. The summed E-state index contributed by atoms with van der Waals surface area (Å²) in [5.74, 6) is 1.07. The van der Waals surface area contributed by atoms with Gasteiger partial charge in [-0.05, 0) is 13.0 Å². The van der Waals surface area contributed by atoms with Crippen molar-refractivity contribution in [2.24, 2.45) is 0 Å². The topological polar surface area (TPSA) is 58.8 Å². The van der Waals surface area contributed by atoms with E-state index in [0.29, 0.717) is 6.54 Å². The zero-order chi connectivity index (χ0) is 12.3. The van der Waals surface area contributed by atoms with Crippen LogP contribution in [0.5, 0.6) is 0 Å². The van der Waals surface area contributed by atoms with Crippen LogP contribution in [0, 0.1) is 10.1 Å². The molecule has 0 unspecified atom stereocenters. The normalized spacial score (nSPS) is 21.0. The van der Waals surface area contributed by atoms with Crippen LogP contribution in [0.3, 0.4) is 0 Å². The first-order valence-corrected chi connectivity index (χ1v) is 5.85. The predicted molar refractivity (Wildman–Crippen MR) is 62.8 cm³/mol. The summed E-state index contributed by atoms with van der Waals surface area (Å²) in [4.78, 5) is 14.7. The largest absolute Gasteiger partial charge is 0.378 e. The van der Waals surface area contributed by atoms with Crippen LogP contribution in [0.1, 0.15) is 6.92 Å². The molecule has 0 spiro atoms. The number of ether oxygens (including phenoxy) is 1. The summed E-state index contributed by atoms with van der Waals surface area (Å²) in [6.07, 6.45) is 3.45. The van der Waals surface area contributed by atoms with Crippen LogP contribution in [0.4, 0.5) is 0 Å². The van der Waals surface area contributed by atoms with E-state index in [0.717, 1.165) is 38.7 Å². The Labute approximate surface area is 100 Å². The van der Waals surface area contributed by atoms with Gasteiger partial charge in [-0.2, -0.15) is 0 Å². The van der Waals surface area contributed by atoms with E-state index in [4.69, 9.17) is 4.74 Å². The van der Waals surface area contributed by atoms with E-state index in [1.807, 2.05) is 17.9 Å². The van der Waals surface area contributed by atoms with Gasteiger partial charge < -0.3 is 14.5 Å². The van der Waals surface area contributed by atoms with Gasteiger partial charge in [0.2, 0.25) is 0 Å². The van der Waals surface area contributed by atoms with Gasteiger partial charge in [-0.25, -0.2) is 0 Å². The Morgan fingerprint density at radius 3 is 2.71 bits per heavy atom. The van der Waals surface area contributed by atoms with E-state index in [9.17, 15) is 10.1 Å². The molecule has 0 N–H and O–H groups in total. The zero-order valence-electron chi connectivity index (χ0n) is 9.96. The average Bonchev–Trinajstić information content (AvgIpc) is 2.39. The molecule has 0 atom stereocenters. The summed E-state index contributed by atoms with van der Waals surface area (Å²) in [7, 11) is 0. The van der Waals surface area contributed by atoms with Gasteiger partial charge in [0.15, 0.2) is 0 Å². The second-order valence-corrected chi connectivity index (χ2v) is 4.05. The van der Waals surface area contributed by atoms with E-state index >= 15 is 0 Å². The number of likely N-dealkylation sites (N-methyl/N-ethyl adjacent to an activating group) is 1. The third-order valence-electron chi connectivity index (χ3n) is 3.05. The molecule has 0 aliphatic carbocycles. The summed E-state index contributed by atoms with van der Waals surface area (Å²) < 4.78 is 5.31. The monoisotopic (exact) mass is 239 g/mol. The molecule has 2 heterocycles. The Morgan fingerprint density at radius 1 is 1.41 bits per heavy atom. The van der Waals surface area contributed by atoms with Crippen LogP contribution in [0.25, 0.3) is 0 Å². The lowest BCUT2D eigenvalue weighted by Crippen LogP contribution is -2.43. The van der Waals surface area contributed by atoms with Crippen molar-refractivity contribution < 1.29 is 9.66 Å². The van der Waals surface area contributed by atoms with Crippen molar-refractivity contribution in [3.05, 3.63) is 33.8 Å². The molecule has 1 fully saturated rings. The van der Waals surface area contributed by atoms with Crippen molar-refractivity contribution in [2.75, 3.05) is 39.4 Å². The van der Waals surface area contributed by atoms with Gasteiger partial charge in [-0.3, -0.25) is 10.1 Å². The van der Waals surface area contributed by atoms with Crippen molar-refractivity contribution in [2.45, 2.75) is 6.92 Å². The molecular weight excluding hydrogens is 222 g/mol. The lowest BCUT2D eigenvalue weighted by Gasteiger charge is -2.38. The Kier molecular flexibility index (Phi) is 3.63. The van der Waals surface area contributed by atoms with E-state index < -0.39 is 0 Å². The molecule has 0 aromatic rings. The fourth-order valence-electron chi connectivity index (χ4n) is 2.10. The number of hydrogen-bond donors (Lipinski definition) is 0. The number of rotatable bonds is 3. The molecule has 0 radical (unpaired) electrons. The molecule has 2 aliphatic rings. The molecule has 0 saturated carbocycles. The van der Waals surface area contributed by atoms with Gasteiger partial charge in [0.25, 0.3) is 5.70 Å². The molecule has 0 aromatic heterocycles. The number of nitro groups is 1. The summed E-state index contributed by atoms with van der Waals surface area (Å²) in [6.45, 7) is 6.31. The van der Waals surface area contributed by atoms with Gasteiger partial charge in [0.05, 0.1) is 18.1 Å². The van der Waals surface area contributed by atoms with Crippen LogP contribution < -0.4 is 0 Å².